The monoisotopic (exact) mass is 413 g/mol. The van der Waals surface area contributed by atoms with E-state index in [2.05, 4.69) is 0 Å². The number of anilines is 1. The summed E-state index contributed by atoms with van der Waals surface area (Å²) in [5.41, 5.74) is -1.77. The van der Waals surface area contributed by atoms with Crippen LogP contribution in [0.2, 0.25) is 10.0 Å². The Balaban J connectivity index is 2.47. The van der Waals surface area contributed by atoms with Crippen LogP contribution in [0.4, 0.5) is 18.9 Å². The molecule has 2 aromatic carbocycles. The number of aromatic carboxylic acids is 1. The Morgan fingerprint density at radius 2 is 1.64 bits per heavy atom. The normalized spacial score (nSPS) is 12.0. The Bertz CT molecular complexity index is 946. The van der Waals surface area contributed by atoms with E-state index in [1.807, 2.05) is 4.72 Å². The fraction of sp³-hybridized carbons (Fsp3) is 0.0714. The van der Waals surface area contributed by atoms with Crippen LogP contribution in [0.1, 0.15) is 15.9 Å². The van der Waals surface area contributed by atoms with Crippen LogP contribution in [0.5, 0.6) is 0 Å². The van der Waals surface area contributed by atoms with E-state index in [0.29, 0.717) is 12.1 Å². The second-order valence-corrected chi connectivity index (χ2v) is 7.21. The third-order valence-corrected chi connectivity index (χ3v) is 5.19. The lowest BCUT2D eigenvalue weighted by atomic mass is 10.2. The molecule has 0 amide bonds. The number of rotatable bonds is 4. The molecule has 25 heavy (non-hydrogen) atoms. The number of alkyl halides is 3. The number of carboxylic acid groups (broad SMARTS) is 1. The first-order valence-electron chi connectivity index (χ1n) is 6.34. The van der Waals surface area contributed by atoms with Crippen molar-refractivity contribution < 1.29 is 31.5 Å². The number of benzene rings is 2. The van der Waals surface area contributed by atoms with Gasteiger partial charge in [0, 0.05) is 5.69 Å². The van der Waals surface area contributed by atoms with E-state index in [4.69, 9.17) is 28.3 Å². The molecule has 11 heteroatoms. The van der Waals surface area contributed by atoms with Crippen molar-refractivity contribution >= 4 is 44.9 Å². The van der Waals surface area contributed by atoms with E-state index >= 15 is 0 Å². The highest BCUT2D eigenvalue weighted by Crippen LogP contribution is 2.34. The summed E-state index contributed by atoms with van der Waals surface area (Å²) in [5, 5.41) is 8.41. The molecule has 0 unspecified atom stereocenters. The molecule has 0 aliphatic heterocycles. The first kappa shape index (κ1) is 19.4. The van der Waals surface area contributed by atoms with Gasteiger partial charge in [-0.3, -0.25) is 4.72 Å². The molecule has 0 fully saturated rings. The Morgan fingerprint density at radius 1 is 1.04 bits per heavy atom. The van der Waals surface area contributed by atoms with Gasteiger partial charge in [-0.2, -0.15) is 13.2 Å². The van der Waals surface area contributed by atoms with Crippen molar-refractivity contribution in [1.82, 2.24) is 0 Å². The summed E-state index contributed by atoms with van der Waals surface area (Å²) in [5.74, 6) is -1.40. The van der Waals surface area contributed by atoms with E-state index in [0.717, 1.165) is 24.3 Å². The summed E-state index contributed by atoms with van der Waals surface area (Å²) in [7, 11) is -4.50. The summed E-state index contributed by atoms with van der Waals surface area (Å²) < 4.78 is 64.9. The molecule has 5 nitrogen and oxygen atoms in total. The van der Waals surface area contributed by atoms with Crippen LogP contribution >= 0.6 is 23.2 Å². The maximum absolute atomic E-state index is 12.8. The molecule has 2 aromatic rings. The number of nitrogens with one attached hydrogen (secondary N) is 1. The van der Waals surface area contributed by atoms with Gasteiger partial charge < -0.3 is 5.11 Å². The van der Waals surface area contributed by atoms with E-state index in [1.165, 1.54) is 0 Å². The molecule has 0 aliphatic rings. The fourth-order valence-corrected chi connectivity index (χ4v) is 3.62. The lowest BCUT2D eigenvalue weighted by molar-refractivity contribution is -0.137. The van der Waals surface area contributed by atoms with Crippen LogP contribution in [0.3, 0.4) is 0 Å². The fourth-order valence-electron chi connectivity index (χ4n) is 1.85. The van der Waals surface area contributed by atoms with Gasteiger partial charge in [-0.1, -0.05) is 23.2 Å². The minimum atomic E-state index is -4.76. The zero-order chi connectivity index (χ0) is 19.0. The summed E-state index contributed by atoms with van der Waals surface area (Å²) in [6.07, 6.45) is -4.76. The van der Waals surface area contributed by atoms with E-state index in [1.54, 1.807) is 0 Å². The van der Waals surface area contributed by atoms with Crippen LogP contribution < -0.4 is 4.72 Å². The van der Waals surface area contributed by atoms with Crippen molar-refractivity contribution in [2.75, 3.05) is 4.72 Å². The minimum Gasteiger partial charge on any atom is -0.478 e. The predicted molar refractivity (Wildman–Crippen MR) is 85.7 cm³/mol. The number of carboxylic acids is 1. The molecular weight excluding hydrogens is 406 g/mol. The van der Waals surface area contributed by atoms with Gasteiger partial charge in [-0.25, -0.2) is 13.2 Å². The zero-order valence-electron chi connectivity index (χ0n) is 11.9. The van der Waals surface area contributed by atoms with Crippen molar-refractivity contribution in [2.24, 2.45) is 0 Å². The average molecular weight is 414 g/mol. The van der Waals surface area contributed by atoms with E-state index in [9.17, 15) is 26.4 Å². The second-order valence-electron chi connectivity index (χ2n) is 4.75. The van der Waals surface area contributed by atoms with Crippen LogP contribution in [-0.4, -0.2) is 19.5 Å². The van der Waals surface area contributed by atoms with Gasteiger partial charge in [0.2, 0.25) is 0 Å². The van der Waals surface area contributed by atoms with Gasteiger partial charge in [-0.05, 0) is 36.4 Å². The van der Waals surface area contributed by atoms with Gasteiger partial charge in [0.05, 0.1) is 21.2 Å². The first-order valence-corrected chi connectivity index (χ1v) is 8.58. The molecule has 0 saturated heterocycles. The Hall–Kier alpha value is -1.97. The van der Waals surface area contributed by atoms with Crippen LogP contribution in [-0.2, 0) is 16.2 Å². The van der Waals surface area contributed by atoms with E-state index in [-0.39, 0.29) is 16.3 Å². The molecule has 2 rings (SSSR count). The molecular formula is C14H8Cl2F3NO4S. The Morgan fingerprint density at radius 3 is 2.20 bits per heavy atom. The van der Waals surface area contributed by atoms with Crippen molar-refractivity contribution in [3.05, 3.63) is 57.6 Å². The summed E-state index contributed by atoms with van der Waals surface area (Å²) >= 11 is 11.4. The molecule has 2 N–H and O–H groups in total. The summed E-state index contributed by atoms with van der Waals surface area (Å²) in [4.78, 5) is 10.2. The second kappa shape index (κ2) is 6.74. The SMILES string of the molecule is O=C(O)c1cc(NS(=O)(=O)c2cc(C(F)(F)F)ccc2Cl)ccc1Cl. The molecule has 0 heterocycles. The van der Waals surface area contributed by atoms with Gasteiger partial charge in [-0.15, -0.1) is 0 Å². The summed E-state index contributed by atoms with van der Waals surface area (Å²) in [6.45, 7) is 0. The maximum Gasteiger partial charge on any atom is 0.416 e. The lowest BCUT2D eigenvalue weighted by Gasteiger charge is -2.13. The van der Waals surface area contributed by atoms with Gasteiger partial charge in [0.1, 0.15) is 4.90 Å². The molecule has 134 valence electrons. The first-order chi connectivity index (χ1) is 11.4. The van der Waals surface area contributed by atoms with Crippen molar-refractivity contribution in [3.8, 4) is 0 Å². The molecule has 0 atom stereocenters. The minimum absolute atomic E-state index is 0.132. The van der Waals surface area contributed by atoms with Crippen molar-refractivity contribution in [2.45, 2.75) is 11.1 Å². The molecule has 0 bridgehead atoms. The predicted octanol–water partition coefficient (Wildman–Crippen LogP) is 4.51. The van der Waals surface area contributed by atoms with Crippen molar-refractivity contribution in [3.63, 3.8) is 0 Å². The quantitative estimate of drug-likeness (QED) is 0.771. The maximum atomic E-state index is 12.8. The Kier molecular flexibility index (Phi) is 5.22. The highest BCUT2D eigenvalue weighted by Gasteiger charge is 2.32. The smallest absolute Gasteiger partial charge is 0.416 e. The highest BCUT2D eigenvalue weighted by atomic mass is 35.5. The third-order valence-electron chi connectivity index (χ3n) is 3.00. The number of halogens is 5. The third kappa shape index (κ3) is 4.36. The molecule has 0 aromatic heterocycles. The number of sulfonamides is 1. The molecule has 0 radical (unpaired) electrons. The Labute approximate surface area is 150 Å². The topological polar surface area (TPSA) is 83.5 Å². The molecule has 0 saturated carbocycles. The summed E-state index contributed by atoms with van der Waals surface area (Å²) in [6, 6.07) is 5.07. The van der Waals surface area contributed by atoms with E-state index < -0.39 is 37.7 Å². The lowest BCUT2D eigenvalue weighted by Crippen LogP contribution is -2.15. The zero-order valence-corrected chi connectivity index (χ0v) is 14.3. The van der Waals surface area contributed by atoms with Crippen LogP contribution in [0.15, 0.2) is 41.3 Å². The number of hydrogen-bond acceptors (Lipinski definition) is 3. The molecule has 0 spiro atoms. The van der Waals surface area contributed by atoms with Crippen LogP contribution in [0.25, 0.3) is 0 Å². The van der Waals surface area contributed by atoms with Gasteiger partial charge in [0.25, 0.3) is 10.0 Å². The van der Waals surface area contributed by atoms with Crippen molar-refractivity contribution in [1.29, 1.82) is 0 Å². The number of hydrogen-bond donors (Lipinski definition) is 2. The van der Waals surface area contributed by atoms with Crippen LogP contribution in [0, 0.1) is 0 Å². The van der Waals surface area contributed by atoms with Gasteiger partial charge >= 0.3 is 12.1 Å². The highest BCUT2D eigenvalue weighted by molar-refractivity contribution is 7.92. The molecule has 0 aliphatic carbocycles. The number of carbonyl (C=O) groups is 1. The largest absolute Gasteiger partial charge is 0.478 e. The van der Waals surface area contributed by atoms with Gasteiger partial charge in [0.15, 0.2) is 0 Å². The average Bonchev–Trinajstić information content (AvgIpc) is 2.47. The standard InChI is InChI=1S/C14H8Cl2F3NO4S/c15-10-4-2-8(6-9(10)13(21)22)20-25(23,24)12-5-7(14(17,18)19)1-3-11(12)16/h1-6,20H,(H,21,22).